The van der Waals surface area contributed by atoms with Gasteiger partial charge in [-0.3, -0.25) is 4.90 Å². The van der Waals surface area contributed by atoms with Crippen LogP contribution in [0, 0.1) is 0 Å². The summed E-state index contributed by atoms with van der Waals surface area (Å²) in [7, 11) is 0. The highest BCUT2D eigenvalue weighted by Gasteiger charge is 2.21. The zero-order chi connectivity index (χ0) is 6.10. The monoisotopic (exact) mass is 126 g/mol. The quantitative estimate of drug-likeness (QED) is 0.505. The summed E-state index contributed by atoms with van der Waals surface area (Å²) in [5.74, 6) is 0. The molecular weight excluding hydrogens is 112 g/mol. The fourth-order valence-electron chi connectivity index (χ4n) is 1.78. The van der Waals surface area contributed by atoms with E-state index in [1.807, 2.05) is 0 Å². The summed E-state index contributed by atoms with van der Waals surface area (Å²) in [6, 6.07) is 0.851. The summed E-state index contributed by atoms with van der Waals surface area (Å²) < 4.78 is 0. The van der Waals surface area contributed by atoms with Gasteiger partial charge in [-0.15, -0.1) is 0 Å². The van der Waals surface area contributed by atoms with Gasteiger partial charge < -0.3 is 5.32 Å². The van der Waals surface area contributed by atoms with Gasteiger partial charge in [-0.1, -0.05) is 0 Å². The molecule has 2 heteroatoms. The lowest BCUT2D eigenvalue weighted by Gasteiger charge is -2.27. The number of nitrogens with zero attached hydrogens (tertiary/aromatic N) is 1. The molecule has 9 heavy (non-hydrogen) atoms. The van der Waals surface area contributed by atoms with Crippen LogP contribution in [0.5, 0.6) is 0 Å². The standard InChI is InChI=1S/C7H14N2/c1-2-7-3-5-9(4-1)6-8-7/h7-8H,1-6H2. The first-order valence-corrected chi connectivity index (χ1v) is 3.91. The first-order chi connectivity index (χ1) is 4.45. The summed E-state index contributed by atoms with van der Waals surface area (Å²) in [6.45, 7) is 3.80. The molecule has 0 spiro atoms. The third-order valence-corrected chi connectivity index (χ3v) is 2.42. The van der Waals surface area contributed by atoms with Crippen molar-refractivity contribution in [2.75, 3.05) is 19.8 Å². The maximum atomic E-state index is 3.51. The minimum absolute atomic E-state index is 0.851. The van der Waals surface area contributed by atoms with Crippen molar-refractivity contribution in [3.63, 3.8) is 0 Å². The molecule has 2 unspecified atom stereocenters. The molecule has 2 nitrogen and oxygen atoms in total. The summed E-state index contributed by atoms with van der Waals surface area (Å²) in [4.78, 5) is 2.50. The van der Waals surface area contributed by atoms with Crippen LogP contribution in [0.1, 0.15) is 19.3 Å². The Kier molecular flexibility index (Phi) is 1.44. The van der Waals surface area contributed by atoms with Crippen molar-refractivity contribution in [3.8, 4) is 0 Å². The molecule has 0 amide bonds. The highest BCUT2D eigenvalue weighted by molar-refractivity contribution is 4.79. The first-order valence-electron chi connectivity index (χ1n) is 3.91. The molecule has 3 saturated heterocycles. The fourth-order valence-corrected chi connectivity index (χ4v) is 1.78. The van der Waals surface area contributed by atoms with E-state index in [-0.39, 0.29) is 0 Å². The third kappa shape index (κ3) is 1.10. The zero-order valence-corrected chi connectivity index (χ0v) is 5.77. The van der Waals surface area contributed by atoms with Crippen LogP contribution in [0.25, 0.3) is 0 Å². The van der Waals surface area contributed by atoms with Crippen molar-refractivity contribution < 1.29 is 0 Å². The molecule has 3 rings (SSSR count). The van der Waals surface area contributed by atoms with E-state index in [4.69, 9.17) is 0 Å². The van der Waals surface area contributed by atoms with Crippen LogP contribution in [0.15, 0.2) is 0 Å². The van der Waals surface area contributed by atoms with Crippen molar-refractivity contribution in [3.05, 3.63) is 0 Å². The van der Waals surface area contributed by atoms with Gasteiger partial charge >= 0.3 is 0 Å². The Morgan fingerprint density at radius 2 is 2.22 bits per heavy atom. The Bertz CT molecular complexity index is 77.6. The predicted octanol–water partition coefficient (Wildman–Crippen LogP) is 0.402. The van der Waals surface area contributed by atoms with Gasteiger partial charge in [0.1, 0.15) is 0 Å². The Balaban J connectivity index is 2.03. The van der Waals surface area contributed by atoms with Crippen molar-refractivity contribution in [1.82, 2.24) is 10.2 Å². The zero-order valence-electron chi connectivity index (χ0n) is 5.77. The van der Waals surface area contributed by atoms with E-state index >= 15 is 0 Å². The van der Waals surface area contributed by atoms with Gasteiger partial charge in [0, 0.05) is 19.3 Å². The first kappa shape index (κ1) is 5.69. The molecule has 3 aliphatic heterocycles. The average molecular weight is 126 g/mol. The predicted molar refractivity (Wildman–Crippen MR) is 37.2 cm³/mol. The Hall–Kier alpha value is -0.0800. The molecule has 0 aromatic rings. The lowest BCUT2D eigenvalue weighted by atomic mass is 10.1. The number of hydrogen-bond acceptors (Lipinski definition) is 2. The molecule has 0 aliphatic carbocycles. The van der Waals surface area contributed by atoms with E-state index in [9.17, 15) is 0 Å². The van der Waals surface area contributed by atoms with E-state index < -0.39 is 0 Å². The number of hydrogen-bond donors (Lipinski definition) is 1. The van der Waals surface area contributed by atoms with Gasteiger partial charge in [0.25, 0.3) is 0 Å². The van der Waals surface area contributed by atoms with Crippen molar-refractivity contribution in [2.45, 2.75) is 25.3 Å². The summed E-state index contributed by atoms with van der Waals surface area (Å²) in [5.41, 5.74) is 0. The maximum absolute atomic E-state index is 3.51. The summed E-state index contributed by atoms with van der Waals surface area (Å²) in [5, 5.41) is 3.51. The van der Waals surface area contributed by atoms with Gasteiger partial charge in [0.2, 0.25) is 0 Å². The molecule has 1 N–H and O–H groups in total. The van der Waals surface area contributed by atoms with Crippen molar-refractivity contribution in [2.24, 2.45) is 0 Å². The van der Waals surface area contributed by atoms with Crippen molar-refractivity contribution in [1.29, 1.82) is 0 Å². The van der Waals surface area contributed by atoms with Crippen LogP contribution >= 0.6 is 0 Å². The van der Waals surface area contributed by atoms with E-state index in [1.165, 1.54) is 32.4 Å². The Labute approximate surface area is 56.2 Å². The molecule has 3 aliphatic rings. The second-order valence-electron chi connectivity index (χ2n) is 3.11. The second kappa shape index (κ2) is 2.27. The Morgan fingerprint density at radius 3 is 3.00 bits per heavy atom. The molecule has 3 heterocycles. The molecule has 2 atom stereocenters. The molecule has 0 aromatic heterocycles. The number of fused-ring (bicyclic) bond motifs is 4. The maximum Gasteiger partial charge on any atom is 0.0482 e. The molecule has 0 saturated carbocycles. The van der Waals surface area contributed by atoms with Crippen LogP contribution in [-0.2, 0) is 0 Å². The Morgan fingerprint density at radius 1 is 1.22 bits per heavy atom. The van der Waals surface area contributed by atoms with Gasteiger partial charge in [-0.05, 0) is 25.8 Å². The van der Waals surface area contributed by atoms with Gasteiger partial charge in [0.15, 0.2) is 0 Å². The molecule has 3 fully saturated rings. The van der Waals surface area contributed by atoms with E-state index in [0.29, 0.717) is 0 Å². The summed E-state index contributed by atoms with van der Waals surface area (Å²) >= 11 is 0. The van der Waals surface area contributed by atoms with Gasteiger partial charge in [-0.2, -0.15) is 0 Å². The minimum atomic E-state index is 0.851. The van der Waals surface area contributed by atoms with Crippen LogP contribution in [0.3, 0.4) is 0 Å². The van der Waals surface area contributed by atoms with E-state index in [2.05, 4.69) is 10.2 Å². The average Bonchev–Trinajstić information content (AvgIpc) is 2.21. The molecule has 0 aromatic carbocycles. The largest absolute Gasteiger partial charge is 0.301 e. The number of rotatable bonds is 0. The summed E-state index contributed by atoms with van der Waals surface area (Å²) in [6.07, 6.45) is 4.17. The van der Waals surface area contributed by atoms with E-state index in [1.54, 1.807) is 0 Å². The second-order valence-corrected chi connectivity index (χ2v) is 3.11. The molecule has 52 valence electrons. The van der Waals surface area contributed by atoms with Crippen LogP contribution in [0.2, 0.25) is 0 Å². The van der Waals surface area contributed by atoms with Crippen LogP contribution in [0.4, 0.5) is 0 Å². The highest BCUT2D eigenvalue weighted by atomic mass is 15.3. The third-order valence-electron chi connectivity index (χ3n) is 2.42. The SMILES string of the molecule is C1CC2CCN(C1)CN2. The normalized spacial score (nSPS) is 42.7. The van der Waals surface area contributed by atoms with Gasteiger partial charge in [-0.25, -0.2) is 0 Å². The lowest BCUT2D eigenvalue weighted by Crippen LogP contribution is -2.44. The molecule has 2 bridgehead atoms. The molecular formula is C7H14N2. The van der Waals surface area contributed by atoms with E-state index in [0.717, 1.165) is 12.7 Å². The fraction of sp³-hybridized carbons (Fsp3) is 1.00. The smallest absolute Gasteiger partial charge is 0.0482 e. The topological polar surface area (TPSA) is 15.3 Å². The van der Waals surface area contributed by atoms with Crippen molar-refractivity contribution >= 4 is 0 Å². The van der Waals surface area contributed by atoms with Crippen LogP contribution in [-0.4, -0.2) is 30.7 Å². The van der Waals surface area contributed by atoms with Gasteiger partial charge in [0.05, 0.1) is 0 Å². The highest BCUT2D eigenvalue weighted by Crippen LogP contribution is 2.14. The number of nitrogens with one attached hydrogen (secondary N) is 1. The molecule has 0 radical (unpaired) electrons. The van der Waals surface area contributed by atoms with Crippen LogP contribution < -0.4 is 5.32 Å². The minimum Gasteiger partial charge on any atom is -0.301 e. The lowest BCUT2D eigenvalue weighted by molar-refractivity contribution is 0.218.